The molecule has 0 unspecified atom stereocenters. The Hall–Kier alpha value is -4.78. The number of fused-ring (bicyclic) bond motifs is 2. The molecule has 6 rings (SSSR count). The van der Waals surface area contributed by atoms with E-state index < -0.39 is 0 Å². The van der Waals surface area contributed by atoms with Gasteiger partial charge in [0.1, 0.15) is 23.0 Å². The monoisotopic (exact) mass is 504 g/mol. The molecule has 0 fully saturated rings. The number of nitrogens with one attached hydrogen (secondary N) is 1. The summed E-state index contributed by atoms with van der Waals surface area (Å²) in [6.07, 6.45) is 6.59. The molecule has 1 amide bonds. The molecule has 0 atom stereocenters. The summed E-state index contributed by atoms with van der Waals surface area (Å²) in [5, 5.41) is 2.17. The molecule has 7 nitrogen and oxygen atoms in total. The highest BCUT2D eigenvalue weighted by atomic mass is 16.5. The topological polar surface area (TPSA) is 71.9 Å². The molecule has 190 valence electrons. The molecule has 0 saturated heterocycles. The number of amidine groups is 1. The van der Waals surface area contributed by atoms with Gasteiger partial charge in [0, 0.05) is 58.9 Å². The van der Waals surface area contributed by atoms with Crippen molar-refractivity contribution in [2.24, 2.45) is 12.0 Å². The van der Waals surface area contributed by atoms with Gasteiger partial charge in [-0.15, -0.1) is 0 Å². The van der Waals surface area contributed by atoms with Gasteiger partial charge in [-0.1, -0.05) is 18.2 Å². The van der Waals surface area contributed by atoms with E-state index in [0.29, 0.717) is 24.5 Å². The molecule has 0 radical (unpaired) electrons. The lowest BCUT2D eigenvalue weighted by Crippen LogP contribution is -2.34. The second-order valence-corrected chi connectivity index (χ2v) is 9.34. The maximum absolute atomic E-state index is 13.8. The number of aromatic nitrogens is 2. The molecule has 5 aromatic rings. The number of benzene rings is 3. The third-order valence-electron chi connectivity index (χ3n) is 7.09. The number of nitrogens with zero attached hydrogens (tertiary/aromatic N) is 3. The van der Waals surface area contributed by atoms with Crippen molar-refractivity contribution in [3.05, 3.63) is 102 Å². The van der Waals surface area contributed by atoms with Gasteiger partial charge in [0.25, 0.3) is 5.91 Å². The van der Waals surface area contributed by atoms with Crippen molar-refractivity contribution in [3.63, 3.8) is 0 Å². The van der Waals surface area contributed by atoms with Crippen LogP contribution in [0.4, 0.5) is 0 Å². The van der Waals surface area contributed by atoms with Crippen LogP contribution in [0.3, 0.4) is 0 Å². The quantitative estimate of drug-likeness (QED) is 0.296. The van der Waals surface area contributed by atoms with Crippen molar-refractivity contribution >= 4 is 39.6 Å². The van der Waals surface area contributed by atoms with Crippen LogP contribution in [0, 0.1) is 0 Å². The third kappa shape index (κ3) is 4.12. The molecule has 0 bridgehead atoms. The number of carbonyl (C=O) groups is 1. The first-order valence-electron chi connectivity index (χ1n) is 12.5. The number of ether oxygens (including phenoxy) is 2. The molecule has 3 aromatic carbocycles. The number of hydrogen-bond acceptors (Lipinski definition) is 4. The third-order valence-corrected chi connectivity index (χ3v) is 7.09. The first-order chi connectivity index (χ1) is 18.6. The zero-order chi connectivity index (χ0) is 26.2. The first-order valence-corrected chi connectivity index (χ1v) is 12.5. The number of aromatic amines is 1. The van der Waals surface area contributed by atoms with Gasteiger partial charge >= 0.3 is 0 Å². The molecule has 1 aliphatic heterocycles. The Bertz CT molecular complexity index is 1720. The average Bonchev–Trinajstić information content (AvgIpc) is 3.61. The predicted octanol–water partition coefficient (Wildman–Crippen LogP) is 5.55. The van der Waals surface area contributed by atoms with Gasteiger partial charge in [0.2, 0.25) is 0 Å². The predicted molar refractivity (Wildman–Crippen MR) is 151 cm³/mol. The Labute approximate surface area is 220 Å². The van der Waals surface area contributed by atoms with Crippen LogP contribution in [0.2, 0.25) is 0 Å². The number of hydrogen-bond donors (Lipinski definition) is 1. The van der Waals surface area contributed by atoms with Crippen LogP contribution in [-0.2, 0) is 18.3 Å². The van der Waals surface area contributed by atoms with Crippen LogP contribution in [-0.4, -0.2) is 47.0 Å². The molecular formula is C31H28N4O3. The largest absolute Gasteiger partial charge is 0.497 e. The van der Waals surface area contributed by atoms with E-state index in [-0.39, 0.29) is 5.91 Å². The van der Waals surface area contributed by atoms with Crippen LogP contribution >= 0.6 is 0 Å². The summed E-state index contributed by atoms with van der Waals surface area (Å²) in [7, 11) is 5.31. The maximum atomic E-state index is 13.8. The van der Waals surface area contributed by atoms with Crippen LogP contribution < -0.4 is 9.47 Å². The summed E-state index contributed by atoms with van der Waals surface area (Å²) in [4.78, 5) is 23.7. The molecule has 3 heterocycles. The number of para-hydroxylation sites is 1. The van der Waals surface area contributed by atoms with Crippen molar-refractivity contribution in [1.29, 1.82) is 0 Å². The summed E-state index contributed by atoms with van der Waals surface area (Å²) in [5.74, 6) is 2.09. The molecule has 7 heteroatoms. The fraction of sp³-hybridized carbons (Fsp3) is 0.161. The molecular weight excluding hydrogens is 476 g/mol. The van der Waals surface area contributed by atoms with Crippen molar-refractivity contribution in [2.45, 2.75) is 6.42 Å². The van der Waals surface area contributed by atoms with E-state index in [0.717, 1.165) is 50.0 Å². The average molecular weight is 505 g/mol. The number of carbonyl (C=O) groups excluding carboxylic acids is 1. The summed E-state index contributed by atoms with van der Waals surface area (Å²) in [6.45, 7) is 0.487. The molecule has 0 spiro atoms. The van der Waals surface area contributed by atoms with Crippen LogP contribution in [0.5, 0.6) is 11.5 Å². The van der Waals surface area contributed by atoms with E-state index in [1.54, 1.807) is 19.1 Å². The van der Waals surface area contributed by atoms with Gasteiger partial charge in [0.05, 0.1) is 14.2 Å². The van der Waals surface area contributed by atoms with Gasteiger partial charge in [-0.05, 0) is 66.6 Å². The Morgan fingerprint density at radius 3 is 2.50 bits per heavy atom. The number of amides is 1. The fourth-order valence-corrected chi connectivity index (χ4v) is 5.08. The van der Waals surface area contributed by atoms with Crippen molar-refractivity contribution in [1.82, 2.24) is 14.5 Å². The van der Waals surface area contributed by atoms with Gasteiger partial charge in [-0.2, -0.15) is 0 Å². The lowest BCUT2D eigenvalue weighted by molar-refractivity contribution is -0.122. The van der Waals surface area contributed by atoms with Gasteiger partial charge in [0.15, 0.2) is 0 Å². The summed E-state index contributed by atoms with van der Waals surface area (Å²) >= 11 is 0. The number of rotatable bonds is 7. The highest BCUT2D eigenvalue weighted by molar-refractivity contribution is 6.20. The SMILES string of the molecule is COc1ccc(C2=NC(=Cc3cn(C)c4ccccc34)C(=O)N2CCc2c[nH]c3ccc(OC)cc23)cc1. The maximum Gasteiger partial charge on any atom is 0.278 e. The molecule has 0 saturated carbocycles. The number of H-pyrrole nitrogens is 1. The molecule has 0 aliphatic carbocycles. The smallest absolute Gasteiger partial charge is 0.278 e. The van der Waals surface area contributed by atoms with Gasteiger partial charge in [-0.25, -0.2) is 4.99 Å². The number of aryl methyl sites for hydroxylation is 1. The lowest BCUT2D eigenvalue weighted by Gasteiger charge is -2.18. The van der Waals surface area contributed by atoms with E-state index in [9.17, 15) is 4.79 Å². The van der Waals surface area contributed by atoms with E-state index in [4.69, 9.17) is 14.5 Å². The zero-order valence-electron chi connectivity index (χ0n) is 21.6. The van der Waals surface area contributed by atoms with Crippen molar-refractivity contribution < 1.29 is 14.3 Å². The Morgan fingerprint density at radius 2 is 1.71 bits per heavy atom. The van der Waals surface area contributed by atoms with E-state index in [1.165, 1.54) is 0 Å². The summed E-state index contributed by atoms with van der Waals surface area (Å²) in [5.41, 5.74) is 5.51. The first kappa shape index (κ1) is 23.6. The summed E-state index contributed by atoms with van der Waals surface area (Å²) < 4.78 is 12.8. The highest BCUT2D eigenvalue weighted by Crippen LogP contribution is 2.29. The zero-order valence-corrected chi connectivity index (χ0v) is 21.6. The normalized spacial score (nSPS) is 14.6. The summed E-state index contributed by atoms with van der Waals surface area (Å²) in [6, 6.07) is 21.8. The minimum atomic E-state index is -0.110. The standard InChI is InChI=1S/C31H28N4O3/c1-34-19-22(25-6-4-5-7-29(25)34)16-28-31(36)35(30(33-28)20-8-10-23(37-2)11-9-20)15-14-21-18-32-27-13-12-24(38-3)17-26(21)27/h4-13,16-19,32H,14-15H2,1-3H3. The number of aliphatic imine (C=N–C) groups is 1. The molecule has 1 aliphatic rings. The van der Waals surface area contributed by atoms with Gasteiger partial charge < -0.3 is 19.0 Å². The second kappa shape index (κ2) is 9.59. The van der Waals surface area contributed by atoms with Crippen molar-refractivity contribution in [2.75, 3.05) is 20.8 Å². The van der Waals surface area contributed by atoms with E-state index >= 15 is 0 Å². The minimum absolute atomic E-state index is 0.110. The van der Waals surface area contributed by atoms with Crippen LogP contribution in [0.1, 0.15) is 16.7 Å². The lowest BCUT2D eigenvalue weighted by atomic mass is 10.1. The molecule has 1 N–H and O–H groups in total. The number of methoxy groups -OCH3 is 2. The Kier molecular flexibility index (Phi) is 5.96. The fourth-order valence-electron chi connectivity index (χ4n) is 5.08. The van der Waals surface area contributed by atoms with Crippen molar-refractivity contribution in [3.8, 4) is 11.5 Å². The Balaban J connectivity index is 1.37. The molecule has 38 heavy (non-hydrogen) atoms. The minimum Gasteiger partial charge on any atom is -0.497 e. The Morgan fingerprint density at radius 1 is 0.947 bits per heavy atom. The second-order valence-electron chi connectivity index (χ2n) is 9.34. The molecule has 2 aromatic heterocycles. The van der Waals surface area contributed by atoms with Crippen LogP contribution in [0.15, 0.2) is 89.8 Å². The van der Waals surface area contributed by atoms with E-state index in [2.05, 4.69) is 21.7 Å². The van der Waals surface area contributed by atoms with Crippen LogP contribution in [0.25, 0.3) is 27.9 Å². The highest BCUT2D eigenvalue weighted by Gasteiger charge is 2.31. The van der Waals surface area contributed by atoms with Gasteiger partial charge in [-0.3, -0.25) is 9.69 Å². The van der Waals surface area contributed by atoms with E-state index in [1.807, 2.05) is 80.1 Å².